The fraction of sp³-hybridized carbons (Fsp3) is 0.190. The fourth-order valence-electron chi connectivity index (χ4n) is 2.46. The molecule has 2 aromatic carbocycles. The zero-order valence-electron chi connectivity index (χ0n) is 15.1. The summed E-state index contributed by atoms with van der Waals surface area (Å²) in [5.41, 5.74) is 1.40. The van der Waals surface area contributed by atoms with Crippen molar-refractivity contribution < 1.29 is 29.0 Å². The molecule has 0 saturated carbocycles. The van der Waals surface area contributed by atoms with Gasteiger partial charge in [-0.25, -0.2) is 4.79 Å². The van der Waals surface area contributed by atoms with Crippen LogP contribution in [0.25, 0.3) is 6.08 Å². The number of rotatable bonds is 7. The smallest absolute Gasteiger partial charge is 0.330 e. The van der Waals surface area contributed by atoms with E-state index in [0.717, 1.165) is 12.5 Å². The molecule has 0 fully saturated rings. The first-order valence-corrected chi connectivity index (χ1v) is 8.32. The Morgan fingerprint density at radius 3 is 2.37 bits per heavy atom. The van der Waals surface area contributed by atoms with Crippen LogP contribution in [0, 0.1) is 0 Å². The van der Waals surface area contributed by atoms with Crippen LogP contribution in [0.1, 0.15) is 35.3 Å². The molecular weight excluding hydrogens is 348 g/mol. The van der Waals surface area contributed by atoms with Crippen LogP contribution < -0.4 is 4.74 Å². The molecular formula is C21H20O6. The molecule has 1 N–H and O–H groups in total. The molecule has 0 aliphatic rings. The van der Waals surface area contributed by atoms with Gasteiger partial charge in [0.2, 0.25) is 0 Å². The van der Waals surface area contributed by atoms with Gasteiger partial charge in [-0.2, -0.15) is 0 Å². The second-order valence-electron chi connectivity index (χ2n) is 5.76. The van der Waals surface area contributed by atoms with Crippen molar-refractivity contribution in [2.75, 3.05) is 6.61 Å². The number of carbonyl (C=O) groups excluding carboxylic acids is 3. The van der Waals surface area contributed by atoms with E-state index in [1.54, 1.807) is 0 Å². The number of aromatic hydroxyl groups is 1. The molecule has 0 aliphatic carbocycles. The minimum absolute atomic E-state index is 0.0125. The fourth-order valence-corrected chi connectivity index (χ4v) is 2.46. The maximum Gasteiger partial charge on any atom is 0.330 e. The minimum atomic E-state index is -0.672. The first-order chi connectivity index (χ1) is 12.9. The maximum absolute atomic E-state index is 11.9. The number of phenols is 1. The second kappa shape index (κ2) is 9.33. The van der Waals surface area contributed by atoms with Crippen LogP contribution in [-0.4, -0.2) is 29.4 Å². The van der Waals surface area contributed by atoms with Gasteiger partial charge >= 0.3 is 11.9 Å². The predicted octanol–water partition coefficient (Wildman–Crippen LogP) is 3.32. The predicted molar refractivity (Wildman–Crippen MR) is 99.6 cm³/mol. The van der Waals surface area contributed by atoms with Crippen molar-refractivity contribution >= 4 is 23.8 Å². The summed E-state index contributed by atoms with van der Waals surface area (Å²) in [7, 11) is 0. The van der Waals surface area contributed by atoms with Crippen LogP contribution in [0.3, 0.4) is 0 Å². The lowest BCUT2D eigenvalue weighted by molar-refractivity contribution is -0.137. The molecule has 0 spiro atoms. The third kappa shape index (κ3) is 5.81. The number of phenolic OH excluding ortho intramolecular Hbond substituents is 1. The molecule has 0 heterocycles. The molecule has 6 nitrogen and oxygen atoms in total. The van der Waals surface area contributed by atoms with Crippen molar-refractivity contribution in [1.29, 1.82) is 0 Å². The van der Waals surface area contributed by atoms with E-state index < -0.39 is 17.7 Å². The van der Waals surface area contributed by atoms with Crippen molar-refractivity contribution in [2.24, 2.45) is 0 Å². The van der Waals surface area contributed by atoms with E-state index in [2.05, 4.69) is 0 Å². The van der Waals surface area contributed by atoms with Gasteiger partial charge in [0, 0.05) is 19.4 Å². The molecule has 0 amide bonds. The molecule has 0 atom stereocenters. The number of ether oxygens (including phenoxy) is 2. The second-order valence-corrected chi connectivity index (χ2v) is 5.76. The topological polar surface area (TPSA) is 89.9 Å². The molecule has 0 aromatic heterocycles. The van der Waals surface area contributed by atoms with Gasteiger partial charge in [0.25, 0.3) is 0 Å². The molecule has 6 heteroatoms. The Bertz CT molecular complexity index is 868. The normalized spacial score (nSPS) is 10.6. The highest BCUT2D eigenvalue weighted by molar-refractivity contribution is 6.02. The average Bonchev–Trinajstić information content (AvgIpc) is 2.62. The first kappa shape index (κ1) is 19.9. The lowest BCUT2D eigenvalue weighted by Gasteiger charge is -2.11. The van der Waals surface area contributed by atoms with Crippen LogP contribution in [0.5, 0.6) is 11.5 Å². The van der Waals surface area contributed by atoms with Crippen molar-refractivity contribution in [3.8, 4) is 11.5 Å². The van der Waals surface area contributed by atoms with E-state index in [1.165, 1.54) is 31.2 Å². The monoisotopic (exact) mass is 368 g/mol. The zero-order chi connectivity index (χ0) is 19.8. The summed E-state index contributed by atoms with van der Waals surface area (Å²) in [4.78, 5) is 35.0. The standard InChI is InChI=1S/C21H20O6/c1-14(22)20-17(8-10-18(24)21(20)27-15(2)23)9-11-19(25)26-13-12-16-6-4-3-5-7-16/h3-11,24H,12-13H2,1-2H3. The van der Waals surface area contributed by atoms with Crippen LogP contribution >= 0.6 is 0 Å². The van der Waals surface area contributed by atoms with Gasteiger partial charge in [-0.05, 0) is 30.2 Å². The van der Waals surface area contributed by atoms with E-state index in [4.69, 9.17) is 9.47 Å². The summed E-state index contributed by atoms with van der Waals surface area (Å²) in [6.07, 6.45) is 3.16. The maximum atomic E-state index is 11.9. The summed E-state index contributed by atoms with van der Waals surface area (Å²) in [5, 5.41) is 9.87. The number of hydrogen-bond donors (Lipinski definition) is 1. The molecule has 27 heavy (non-hydrogen) atoms. The van der Waals surface area contributed by atoms with Crippen LogP contribution in [-0.2, 0) is 20.7 Å². The van der Waals surface area contributed by atoms with E-state index in [1.807, 2.05) is 30.3 Å². The van der Waals surface area contributed by atoms with Crippen molar-refractivity contribution in [2.45, 2.75) is 20.3 Å². The molecule has 0 aliphatic heterocycles. The molecule has 2 aromatic rings. The number of benzene rings is 2. The molecule has 0 bridgehead atoms. The third-order valence-electron chi connectivity index (χ3n) is 3.64. The summed E-state index contributed by atoms with van der Waals surface area (Å²) in [6.45, 7) is 2.66. The lowest BCUT2D eigenvalue weighted by atomic mass is 10.0. The lowest BCUT2D eigenvalue weighted by Crippen LogP contribution is -2.08. The quantitative estimate of drug-likeness (QED) is 0.349. The highest BCUT2D eigenvalue weighted by atomic mass is 16.5. The summed E-state index contributed by atoms with van der Waals surface area (Å²) >= 11 is 0. The van der Waals surface area contributed by atoms with E-state index in [-0.39, 0.29) is 23.7 Å². The van der Waals surface area contributed by atoms with Crippen LogP contribution in [0.15, 0.2) is 48.5 Å². The van der Waals surface area contributed by atoms with E-state index in [9.17, 15) is 19.5 Å². The number of Topliss-reactive ketones (excluding diaryl/α,β-unsaturated/α-hetero) is 1. The van der Waals surface area contributed by atoms with Crippen LogP contribution in [0.4, 0.5) is 0 Å². The minimum Gasteiger partial charge on any atom is -0.504 e. The van der Waals surface area contributed by atoms with Gasteiger partial charge < -0.3 is 14.6 Å². The zero-order valence-corrected chi connectivity index (χ0v) is 15.1. The number of carbonyl (C=O) groups is 3. The van der Waals surface area contributed by atoms with E-state index >= 15 is 0 Å². The van der Waals surface area contributed by atoms with E-state index in [0.29, 0.717) is 12.0 Å². The molecule has 140 valence electrons. The van der Waals surface area contributed by atoms with Gasteiger partial charge in [0.15, 0.2) is 17.3 Å². The summed E-state index contributed by atoms with van der Waals surface area (Å²) in [5.74, 6) is -2.22. The van der Waals surface area contributed by atoms with Crippen molar-refractivity contribution in [3.05, 3.63) is 65.2 Å². The van der Waals surface area contributed by atoms with Gasteiger partial charge in [-0.15, -0.1) is 0 Å². The molecule has 0 radical (unpaired) electrons. The Balaban J connectivity index is 2.09. The van der Waals surface area contributed by atoms with Gasteiger partial charge in [-0.1, -0.05) is 36.4 Å². The largest absolute Gasteiger partial charge is 0.504 e. The van der Waals surface area contributed by atoms with Gasteiger partial charge in [-0.3, -0.25) is 9.59 Å². The summed E-state index contributed by atoms with van der Waals surface area (Å²) < 4.78 is 10.1. The Labute approximate surface area is 157 Å². The molecule has 0 saturated heterocycles. The highest BCUT2D eigenvalue weighted by Crippen LogP contribution is 2.34. The third-order valence-corrected chi connectivity index (χ3v) is 3.64. The Kier molecular flexibility index (Phi) is 6.88. The Morgan fingerprint density at radius 1 is 1.04 bits per heavy atom. The highest BCUT2D eigenvalue weighted by Gasteiger charge is 2.19. The number of esters is 2. The van der Waals surface area contributed by atoms with Gasteiger partial charge in [0.1, 0.15) is 0 Å². The number of hydrogen-bond acceptors (Lipinski definition) is 6. The average molecular weight is 368 g/mol. The van der Waals surface area contributed by atoms with Crippen LogP contribution in [0.2, 0.25) is 0 Å². The molecule has 0 unspecified atom stereocenters. The molecule has 2 rings (SSSR count). The van der Waals surface area contributed by atoms with Crippen molar-refractivity contribution in [3.63, 3.8) is 0 Å². The van der Waals surface area contributed by atoms with Crippen molar-refractivity contribution in [1.82, 2.24) is 0 Å². The first-order valence-electron chi connectivity index (χ1n) is 8.32. The summed E-state index contributed by atoms with van der Waals surface area (Å²) in [6, 6.07) is 12.3. The van der Waals surface area contributed by atoms with Gasteiger partial charge in [0.05, 0.1) is 12.2 Å². The Hall–Kier alpha value is -3.41. The SMILES string of the molecule is CC(=O)Oc1c(O)ccc(C=CC(=O)OCCc2ccccc2)c1C(C)=O. The number of ketones is 1. The Morgan fingerprint density at radius 2 is 1.74 bits per heavy atom.